The van der Waals surface area contributed by atoms with E-state index in [0.717, 1.165) is 31.6 Å². The van der Waals surface area contributed by atoms with E-state index in [4.69, 9.17) is 21.1 Å². The minimum Gasteiger partial charge on any atom is -0.474 e. The molecule has 1 fully saturated rings. The number of aromatic nitrogens is 2. The molecule has 0 saturated carbocycles. The van der Waals surface area contributed by atoms with E-state index in [-0.39, 0.29) is 6.10 Å². The van der Waals surface area contributed by atoms with E-state index >= 15 is 0 Å². The van der Waals surface area contributed by atoms with Crippen LogP contribution in [0.15, 0.2) is 36.5 Å². The van der Waals surface area contributed by atoms with Crippen molar-refractivity contribution in [3.63, 3.8) is 0 Å². The van der Waals surface area contributed by atoms with Gasteiger partial charge in [-0.1, -0.05) is 17.7 Å². The van der Waals surface area contributed by atoms with Crippen LogP contribution in [-0.4, -0.2) is 29.2 Å². The lowest BCUT2D eigenvalue weighted by Gasteiger charge is -2.23. The largest absolute Gasteiger partial charge is 0.474 e. The fraction of sp³-hybridized carbons (Fsp3) is 0.375. The summed E-state index contributed by atoms with van der Waals surface area (Å²) in [4.78, 5) is 8.57. The van der Waals surface area contributed by atoms with Gasteiger partial charge in [0.05, 0.1) is 10.7 Å². The van der Waals surface area contributed by atoms with Gasteiger partial charge in [0.1, 0.15) is 12.7 Å². The lowest BCUT2D eigenvalue weighted by Crippen LogP contribution is -2.34. The van der Waals surface area contributed by atoms with Gasteiger partial charge in [-0.05, 0) is 38.1 Å². The van der Waals surface area contributed by atoms with Crippen LogP contribution in [0.5, 0.6) is 11.8 Å². The zero-order valence-electron chi connectivity index (χ0n) is 12.2. The highest BCUT2D eigenvalue weighted by Crippen LogP contribution is 2.16. The van der Waals surface area contributed by atoms with Crippen molar-refractivity contribution in [2.24, 2.45) is 0 Å². The minimum absolute atomic E-state index is 0.239. The molecule has 0 amide bonds. The molecule has 1 saturated heterocycles. The number of hydrogen-bond acceptors (Lipinski definition) is 5. The predicted octanol–water partition coefficient (Wildman–Crippen LogP) is 2.84. The molecule has 0 atom stereocenters. The van der Waals surface area contributed by atoms with Crippen LogP contribution in [0.1, 0.15) is 18.5 Å². The van der Waals surface area contributed by atoms with Crippen molar-refractivity contribution in [2.45, 2.75) is 25.6 Å². The molecule has 0 radical (unpaired) electrons. The summed E-state index contributed by atoms with van der Waals surface area (Å²) < 4.78 is 11.5. The van der Waals surface area contributed by atoms with Crippen molar-refractivity contribution in [3.05, 3.63) is 47.2 Å². The first-order valence-electron chi connectivity index (χ1n) is 7.37. The zero-order valence-corrected chi connectivity index (χ0v) is 12.9. The molecule has 0 aliphatic carbocycles. The molecular formula is C16H18ClN3O2. The van der Waals surface area contributed by atoms with Crippen LogP contribution < -0.4 is 14.8 Å². The molecule has 22 heavy (non-hydrogen) atoms. The molecular weight excluding hydrogens is 302 g/mol. The van der Waals surface area contributed by atoms with Gasteiger partial charge in [0.2, 0.25) is 11.8 Å². The first-order chi connectivity index (χ1) is 10.8. The molecule has 1 aliphatic rings. The van der Waals surface area contributed by atoms with Crippen molar-refractivity contribution >= 4 is 11.6 Å². The Morgan fingerprint density at radius 3 is 2.77 bits per heavy atom. The smallest absolute Gasteiger partial charge is 0.213 e. The van der Waals surface area contributed by atoms with Crippen molar-refractivity contribution in [1.82, 2.24) is 15.3 Å². The topological polar surface area (TPSA) is 56.3 Å². The first kappa shape index (κ1) is 15.1. The molecule has 1 aliphatic heterocycles. The van der Waals surface area contributed by atoms with E-state index in [1.807, 2.05) is 18.2 Å². The maximum absolute atomic E-state index is 5.92. The van der Waals surface area contributed by atoms with Gasteiger partial charge in [0, 0.05) is 18.3 Å². The second-order valence-electron chi connectivity index (χ2n) is 5.14. The molecule has 1 N–H and O–H groups in total. The highest BCUT2D eigenvalue weighted by atomic mass is 35.5. The Hall–Kier alpha value is -1.85. The molecule has 2 aromatic heterocycles. The summed E-state index contributed by atoms with van der Waals surface area (Å²) in [6.07, 6.45) is 3.82. The molecule has 6 heteroatoms. The average molecular weight is 320 g/mol. The van der Waals surface area contributed by atoms with Crippen LogP contribution >= 0.6 is 11.6 Å². The van der Waals surface area contributed by atoms with E-state index < -0.39 is 0 Å². The van der Waals surface area contributed by atoms with Crippen LogP contribution in [0.2, 0.25) is 5.02 Å². The standard InChI is InChI=1S/C16H18ClN3O2/c17-12-4-5-15(19-10-12)21-11-13-2-1-3-16(20-13)22-14-6-8-18-9-7-14/h1-5,10,14,18H,6-9,11H2. The summed E-state index contributed by atoms with van der Waals surface area (Å²) in [5.41, 5.74) is 0.809. The second kappa shape index (κ2) is 7.42. The zero-order chi connectivity index (χ0) is 15.2. The number of ether oxygens (including phenoxy) is 2. The highest BCUT2D eigenvalue weighted by Gasteiger charge is 2.15. The van der Waals surface area contributed by atoms with E-state index in [9.17, 15) is 0 Å². The summed E-state index contributed by atoms with van der Waals surface area (Å²) in [7, 11) is 0. The van der Waals surface area contributed by atoms with Crippen LogP contribution in [0.3, 0.4) is 0 Å². The maximum Gasteiger partial charge on any atom is 0.213 e. The van der Waals surface area contributed by atoms with Crippen LogP contribution in [-0.2, 0) is 6.61 Å². The monoisotopic (exact) mass is 319 g/mol. The number of piperidine rings is 1. The number of halogens is 1. The summed E-state index contributed by atoms with van der Waals surface area (Å²) in [5, 5.41) is 3.90. The van der Waals surface area contributed by atoms with E-state index in [2.05, 4.69) is 15.3 Å². The third-order valence-corrected chi connectivity index (χ3v) is 3.65. The molecule has 3 rings (SSSR count). The number of nitrogens with one attached hydrogen (secondary N) is 1. The van der Waals surface area contributed by atoms with E-state index in [1.54, 1.807) is 18.3 Å². The summed E-state index contributed by atoms with van der Waals surface area (Å²) in [6.45, 7) is 2.34. The van der Waals surface area contributed by atoms with Gasteiger partial charge in [0.15, 0.2) is 0 Å². The molecule has 3 heterocycles. The van der Waals surface area contributed by atoms with Gasteiger partial charge in [0.25, 0.3) is 0 Å². The van der Waals surface area contributed by atoms with Crippen molar-refractivity contribution in [3.8, 4) is 11.8 Å². The Morgan fingerprint density at radius 1 is 1.14 bits per heavy atom. The Labute approximate surface area is 134 Å². The Balaban J connectivity index is 1.57. The molecule has 2 aromatic rings. The van der Waals surface area contributed by atoms with Crippen molar-refractivity contribution < 1.29 is 9.47 Å². The Bertz CT molecular complexity index is 601. The SMILES string of the molecule is Clc1ccc(OCc2cccc(OC3CCNCC3)n2)nc1. The number of pyridine rings is 2. The predicted molar refractivity (Wildman–Crippen MR) is 84.3 cm³/mol. The summed E-state index contributed by atoms with van der Waals surface area (Å²) >= 11 is 5.79. The van der Waals surface area contributed by atoms with Gasteiger partial charge < -0.3 is 14.8 Å². The van der Waals surface area contributed by atoms with Gasteiger partial charge >= 0.3 is 0 Å². The highest BCUT2D eigenvalue weighted by molar-refractivity contribution is 6.30. The lowest BCUT2D eigenvalue weighted by atomic mass is 10.1. The Morgan fingerprint density at radius 2 is 2.00 bits per heavy atom. The molecule has 0 bridgehead atoms. The van der Waals surface area contributed by atoms with E-state index in [0.29, 0.717) is 23.4 Å². The van der Waals surface area contributed by atoms with Gasteiger partial charge in [-0.3, -0.25) is 0 Å². The first-order valence-corrected chi connectivity index (χ1v) is 7.75. The third-order valence-electron chi connectivity index (χ3n) is 3.42. The number of nitrogens with zero attached hydrogens (tertiary/aromatic N) is 2. The van der Waals surface area contributed by atoms with E-state index in [1.165, 1.54) is 0 Å². The average Bonchev–Trinajstić information content (AvgIpc) is 2.56. The van der Waals surface area contributed by atoms with Gasteiger partial charge in [-0.15, -0.1) is 0 Å². The normalized spacial score (nSPS) is 15.5. The van der Waals surface area contributed by atoms with Gasteiger partial charge in [-0.2, -0.15) is 0 Å². The van der Waals surface area contributed by atoms with Crippen LogP contribution in [0.25, 0.3) is 0 Å². The Kier molecular flexibility index (Phi) is 5.08. The number of hydrogen-bond donors (Lipinski definition) is 1. The molecule has 0 unspecified atom stereocenters. The minimum atomic E-state index is 0.239. The molecule has 5 nitrogen and oxygen atoms in total. The quantitative estimate of drug-likeness (QED) is 0.918. The number of rotatable bonds is 5. The summed E-state index contributed by atoms with van der Waals surface area (Å²) in [6, 6.07) is 9.19. The van der Waals surface area contributed by atoms with Gasteiger partial charge in [-0.25, -0.2) is 9.97 Å². The molecule has 0 spiro atoms. The second-order valence-corrected chi connectivity index (χ2v) is 5.57. The lowest BCUT2D eigenvalue weighted by molar-refractivity contribution is 0.155. The fourth-order valence-electron chi connectivity index (χ4n) is 2.28. The maximum atomic E-state index is 5.92. The fourth-order valence-corrected chi connectivity index (χ4v) is 2.39. The van der Waals surface area contributed by atoms with Crippen LogP contribution in [0.4, 0.5) is 0 Å². The summed E-state index contributed by atoms with van der Waals surface area (Å²) in [5.74, 6) is 1.17. The third kappa shape index (κ3) is 4.32. The van der Waals surface area contributed by atoms with Crippen LogP contribution in [0, 0.1) is 0 Å². The van der Waals surface area contributed by atoms with Crippen molar-refractivity contribution in [2.75, 3.05) is 13.1 Å². The molecule has 0 aromatic carbocycles. The molecule has 116 valence electrons. The van der Waals surface area contributed by atoms with Crippen molar-refractivity contribution in [1.29, 1.82) is 0 Å².